The Kier molecular flexibility index (Phi) is 7.85. The monoisotopic (exact) mass is 460 g/mol. The predicted molar refractivity (Wildman–Crippen MR) is 119 cm³/mol. The second kappa shape index (κ2) is 9.92. The van der Waals surface area contributed by atoms with E-state index < -0.39 is 5.91 Å². The lowest BCUT2D eigenvalue weighted by Crippen LogP contribution is -2.41. The molecule has 5 nitrogen and oxygen atoms in total. The summed E-state index contributed by atoms with van der Waals surface area (Å²) in [6, 6.07) is 12.4. The summed E-state index contributed by atoms with van der Waals surface area (Å²) in [5.74, 6) is 0.475. The molecule has 0 atom stereocenters. The van der Waals surface area contributed by atoms with E-state index in [1.807, 2.05) is 12.1 Å². The van der Waals surface area contributed by atoms with Crippen LogP contribution in [0.1, 0.15) is 67.3 Å². The number of hydrogen-bond acceptors (Lipinski definition) is 3. The summed E-state index contributed by atoms with van der Waals surface area (Å²) in [5, 5.41) is 0. The number of rotatable bonds is 6. The van der Waals surface area contributed by atoms with Crippen LogP contribution in [0.25, 0.3) is 0 Å². The number of halogens is 1. The summed E-state index contributed by atoms with van der Waals surface area (Å²) in [6.07, 6.45) is 0.956. The SMILES string of the molecule is CC(C)CCOc1ccc(C(=O)NNC(=O)c2ccc(C(C)(C)C)cc2)cc1Br. The molecule has 0 saturated heterocycles. The largest absolute Gasteiger partial charge is 0.492 e. The van der Waals surface area contributed by atoms with Gasteiger partial charge in [0, 0.05) is 11.1 Å². The number of carbonyl (C=O) groups excluding carboxylic acids is 2. The first-order chi connectivity index (χ1) is 13.6. The summed E-state index contributed by atoms with van der Waals surface area (Å²) in [7, 11) is 0. The van der Waals surface area contributed by atoms with E-state index in [4.69, 9.17) is 4.74 Å². The molecule has 2 aromatic carbocycles. The van der Waals surface area contributed by atoms with E-state index in [1.165, 1.54) is 0 Å². The first-order valence-electron chi connectivity index (χ1n) is 9.71. The van der Waals surface area contributed by atoms with Crippen LogP contribution < -0.4 is 15.6 Å². The maximum atomic E-state index is 12.3. The molecule has 0 radical (unpaired) electrons. The van der Waals surface area contributed by atoms with Crippen LogP contribution in [0.4, 0.5) is 0 Å². The number of benzene rings is 2. The van der Waals surface area contributed by atoms with Gasteiger partial charge in [-0.05, 0) is 69.6 Å². The number of nitrogens with one attached hydrogen (secondary N) is 2. The van der Waals surface area contributed by atoms with E-state index in [1.54, 1.807) is 30.3 Å². The molecule has 2 amide bonds. The maximum Gasteiger partial charge on any atom is 0.269 e. The number of ether oxygens (including phenoxy) is 1. The molecule has 2 aromatic rings. The van der Waals surface area contributed by atoms with Crippen LogP contribution in [0.15, 0.2) is 46.9 Å². The molecule has 0 spiro atoms. The Labute approximate surface area is 181 Å². The van der Waals surface area contributed by atoms with E-state index in [2.05, 4.69) is 61.4 Å². The minimum absolute atomic E-state index is 0.0152. The van der Waals surface area contributed by atoms with Crippen molar-refractivity contribution in [3.63, 3.8) is 0 Å². The Morgan fingerprint density at radius 3 is 2.03 bits per heavy atom. The van der Waals surface area contributed by atoms with Gasteiger partial charge in [-0.3, -0.25) is 20.4 Å². The summed E-state index contributed by atoms with van der Waals surface area (Å²) in [4.78, 5) is 24.6. The fourth-order valence-corrected chi connectivity index (χ4v) is 3.04. The van der Waals surface area contributed by atoms with Crippen LogP contribution in [0.5, 0.6) is 5.75 Å². The summed E-state index contributed by atoms with van der Waals surface area (Å²) in [5.41, 5.74) is 6.94. The standard InChI is InChI=1S/C23H29BrN2O3/c1-15(2)12-13-29-20-11-8-17(14-19(20)24)22(28)26-25-21(27)16-6-9-18(10-7-16)23(3,4)5/h6-11,14-15H,12-13H2,1-5H3,(H,25,27)(H,26,28). The van der Waals surface area contributed by atoms with Gasteiger partial charge in [0.2, 0.25) is 0 Å². The lowest BCUT2D eigenvalue weighted by atomic mass is 9.87. The van der Waals surface area contributed by atoms with E-state index in [9.17, 15) is 9.59 Å². The second-order valence-corrected chi connectivity index (χ2v) is 9.27. The van der Waals surface area contributed by atoms with Gasteiger partial charge < -0.3 is 4.74 Å². The van der Waals surface area contributed by atoms with Crippen molar-refractivity contribution < 1.29 is 14.3 Å². The van der Waals surface area contributed by atoms with Crippen molar-refractivity contribution in [3.8, 4) is 5.75 Å². The third kappa shape index (κ3) is 6.89. The molecular weight excluding hydrogens is 432 g/mol. The van der Waals surface area contributed by atoms with Crippen molar-refractivity contribution in [1.82, 2.24) is 10.9 Å². The van der Waals surface area contributed by atoms with Crippen LogP contribution in [0.3, 0.4) is 0 Å². The van der Waals surface area contributed by atoms with Crippen LogP contribution in [0.2, 0.25) is 0 Å². The van der Waals surface area contributed by atoms with Crippen LogP contribution in [0, 0.1) is 5.92 Å². The van der Waals surface area contributed by atoms with Gasteiger partial charge in [0.1, 0.15) is 5.75 Å². The molecule has 0 saturated carbocycles. The van der Waals surface area contributed by atoms with E-state index >= 15 is 0 Å². The van der Waals surface area contributed by atoms with Gasteiger partial charge >= 0.3 is 0 Å². The lowest BCUT2D eigenvalue weighted by molar-refractivity contribution is 0.0846. The van der Waals surface area contributed by atoms with Gasteiger partial charge in [-0.25, -0.2) is 0 Å². The molecule has 0 aliphatic rings. The highest BCUT2D eigenvalue weighted by Crippen LogP contribution is 2.26. The molecule has 29 heavy (non-hydrogen) atoms. The Morgan fingerprint density at radius 2 is 1.52 bits per heavy atom. The van der Waals surface area contributed by atoms with Gasteiger partial charge in [0.15, 0.2) is 0 Å². The fraction of sp³-hybridized carbons (Fsp3) is 0.391. The molecule has 2 N–H and O–H groups in total. The zero-order valence-corrected chi connectivity index (χ0v) is 19.2. The predicted octanol–water partition coefficient (Wildman–Crippen LogP) is 5.25. The zero-order valence-electron chi connectivity index (χ0n) is 17.6. The lowest BCUT2D eigenvalue weighted by Gasteiger charge is -2.19. The van der Waals surface area contributed by atoms with E-state index in [0.717, 1.165) is 12.0 Å². The molecule has 0 unspecified atom stereocenters. The van der Waals surface area contributed by atoms with E-state index in [0.29, 0.717) is 33.9 Å². The van der Waals surface area contributed by atoms with Crippen LogP contribution >= 0.6 is 15.9 Å². The second-order valence-electron chi connectivity index (χ2n) is 8.41. The summed E-state index contributed by atoms with van der Waals surface area (Å²) < 4.78 is 6.42. The van der Waals surface area contributed by atoms with Crippen molar-refractivity contribution in [1.29, 1.82) is 0 Å². The molecule has 6 heteroatoms. The molecule has 0 bridgehead atoms. The average Bonchev–Trinajstić information content (AvgIpc) is 2.66. The fourth-order valence-electron chi connectivity index (χ4n) is 2.54. The Hall–Kier alpha value is -2.34. The summed E-state index contributed by atoms with van der Waals surface area (Å²) in [6.45, 7) is 11.2. The number of hydrogen-bond donors (Lipinski definition) is 2. The number of carbonyl (C=O) groups is 2. The van der Waals surface area contributed by atoms with Crippen molar-refractivity contribution in [2.75, 3.05) is 6.61 Å². The third-order valence-electron chi connectivity index (χ3n) is 4.45. The van der Waals surface area contributed by atoms with Crippen molar-refractivity contribution >= 4 is 27.7 Å². The molecule has 2 rings (SSSR count). The van der Waals surface area contributed by atoms with Gasteiger partial charge in [-0.1, -0.05) is 46.8 Å². The molecule has 156 valence electrons. The van der Waals surface area contributed by atoms with Gasteiger partial charge in [0.05, 0.1) is 11.1 Å². The smallest absolute Gasteiger partial charge is 0.269 e. The van der Waals surface area contributed by atoms with Gasteiger partial charge in [0.25, 0.3) is 11.8 Å². The normalized spacial score (nSPS) is 11.3. The highest BCUT2D eigenvalue weighted by molar-refractivity contribution is 9.10. The molecule has 0 fully saturated rings. The number of amides is 2. The summed E-state index contributed by atoms with van der Waals surface area (Å²) >= 11 is 3.43. The topological polar surface area (TPSA) is 67.4 Å². The first kappa shape index (κ1) is 22.9. The minimum Gasteiger partial charge on any atom is -0.492 e. The average molecular weight is 461 g/mol. The Bertz CT molecular complexity index is 855. The van der Waals surface area contributed by atoms with Crippen molar-refractivity contribution in [2.45, 2.75) is 46.5 Å². The van der Waals surface area contributed by atoms with Gasteiger partial charge in [-0.2, -0.15) is 0 Å². The number of hydrazine groups is 1. The Balaban J connectivity index is 1.93. The first-order valence-corrected chi connectivity index (χ1v) is 10.5. The van der Waals surface area contributed by atoms with Crippen molar-refractivity contribution in [2.24, 2.45) is 5.92 Å². The highest BCUT2D eigenvalue weighted by atomic mass is 79.9. The van der Waals surface area contributed by atoms with Gasteiger partial charge in [-0.15, -0.1) is 0 Å². The zero-order chi connectivity index (χ0) is 21.6. The highest BCUT2D eigenvalue weighted by Gasteiger charge is 2.15. The van der Waals surface area contributed by atoms with Crippen molar-refractivity contribution in [3.05, 3.63) is 63.6 Å². The Morgan fingerprint density at radius 1 is 0.966 bits per heavy atom. The van der Waals surface area contributed by atoms with Crippen LogP contribution in [-0.2, 0) is 5.41 Å². The molecule has 0 aliphatic heterocycles. The molecule has 0 aromatic heterocycles. The van der Waals surface area contributed by atoms with E-state index in [-0.39, 0.29) is 11.3 Å². The maximum absolute atomic E-state index is 12.3. The van der Waals surface area contributed by atoms with Crippen LogP contribution in [-0.4, -0.2) is 18.4 Å². The molecular formula is C23H29BrN2O3. The molecule has 0 aliphatic carbocycles. The minimum atomic E-state index is -0.404. The molecule has 0 heterocycles. The third-order valence-corrected chi connectivity index (χ3v) is 5.07. The quantitative estimate of drug-likeness (QED) is 0.578.